The number of unbranched alkanes of at least 4 members (excludes halogenated alkanes) is 3. The van der Waals surface area contributed by atoms with E-state index in [-0.39, 0.29) is 0 Å². The fraction of sp³-hybridized carbons (Fsp3) is 0.348. The highest BCUT2D eigenvalue weighted by molar-refractivity contribution is 6.11. The first-order valence-corrected chi connectivity index (χ1v) is 10.2. The average molecular weight is 409 g/mol. The van der Waals surface area contributed by atoms with Crippen molar-refractivity contribution in [3.8, 4) is 0 Å². The molecule has 3 rings (SSSR count). The van der Waals surface area contributed by atoms with E-state index in [0.717, 1.165) is 24.2 Å². The first-order chi connectivity index (χ1) is 14.5. The van der Waals surface area contributed by atoms with Crippen LogP contribution in [0, 0.1) is 0 Å². The summed E-state index contributed by atoms with van der Waals surface area (Å²) in [5.74, 6) is -1.76. The molecular weight excluding hydrogens is 382 g/mol. The summed E-state index contributed by atoms with van der Waals surface area (Å²) in [6.45, 7) is 0.295. The van der Waals surface area contributed by atoms with E-state index in [2.05, 4.69) is 0 Å². The Labute approximate surface area is 176 Å². The molecule has 0 radical (unpaired) electrons. The number of aliphatic carboxylic acids is 1. The molecule has 1 aliphatic rings. The zero-order valence-corrected chi connectivity index (χ0v) is 16.9. The third-order valence-corrected chi connectivity index (χ3v) is 5.43. The smallest absolute Gasteiger partial charge is 0.328 e. The third kappa shape index (κ3) is 3.93. The van der Waals surface area contributed by atoms with E-state index in [9.17, 15) is 19.5 Å². The molecule has 0 bridgehead atoms. The molecule has 1 aliphatic heterocycles. The monoisotopic (exact) mass is 409 g/mol. The van der Waals surface area contributed by atoms with Gasteiger partial charge in [-0.2, -0.15) is 0 Å². The van der Waals surface area contributed by atoms with E-state index in [1.54, 1.807) is 0 Å². The lowest BCUT2D eigenvalue weighted by atomic mass is 9.81. The van der Waals surface area contributed by atoms with Crippen LogP contribution in [-0.2, 0) is 15.1 Å². The van der Waals surface area contributed by atoms with Gasteiger partial charge in [0.05, 0.1) is 0 Å². The SMILES string of the molecule is NCCCCCCN1C(=O)N(CC(=O)O)C(=O)C1(c1ccccc1)c1ccccc1. The van der Waals surface area contributed by atoms with Crippen LogP contribution in [0.4, 0.5) is 4.79 Å². The number of hydrogen-bond donors (Lipinski definition) is 2. The second-order valence-electron chi connectivity index (χ2n) is 7.36. The second-order valence-corrected chi connectivity index (χ2v) is 7.36. The lowest BCUT2D eigenvalue weighted by Gasteiger charge is -2.36. The van der Waals surface area contributed by atoms with Crippen LogP contribution in [-0.4, -0.2) is 52.4 Å². The maximum atomic E-state index is 13.7. The van der Waals surface area contributed by atoms with E-state index in [1.807, 2.05) is 60.7 Å². The molecular formula is C23H27N3O4. The predicted molar refractivity (Wildman–Crippen MR) is 113 cm³/mol. The molecule has 7 heteroatoms. The van der Waals surface area contributed by atoms with Gasteiger partial charge in [0.1, 0.15) is 6.54 Å². The molecule has 3 N–H and O–H groups in total. The number of carbonyl (C=O) groups excluding carboxylic acids is 2. The Morgan fingerprint density at radius 1 is 0.867 bits per heavy atom. The van der Waals surface area contributed by atoms with Crippen molar-refractivity contribution in [2.75, 3.05) is 19.6 Å². The van der Waals surface area contributed by atoms with Gasteiger partial charge in [-0.3, -0.25) is 14.5 Å². The summed E-state index contributed by atoms with van der Waals surface area (Å²) in [7, 11) is 0. The molecule has 0 atom stereocenters. The van der Waals surface area contributed by atoms with Crippen molar-refractivity contribution in [3.63, 3.8) is 0 Å². The van der Waals surface area contributed by atoms with E-state index in [1.165, 1.54) is 4.90 Å². The molecule has 1 fully saturated rings. The molecule has 158 valence electrons. The standard InChI is InChI=1S/C23H27N3O4/c24-15-9-1-2-10-16-26-22(30)25(17-20(27)28)21(29)23(26,18-11-5-3-6-12-18)19-13-7-4-8-14-19/h3-8,11-14H,1-2,9-10,15-17,24H2,(H,27,28). The lowest BCUT2D eigenvalue weighted by Crippen LogP contribution is -2.48. The van der Waals surface area contributed by atoms with Gasteiger partial charge in [-0.15, -0.1) is 0 Å². The Hall–Kier alpha value is -3.19. The minimum atomic E-state index is -1.39. The van der Waals surface area contributed by atoms with Crippen molar-refractivity contribution in [2.24, 2.45) is 5.73 Å². The number of carbonyl (C=O) groups is 3. The van der Waals surface area contributed by atoms with Crippen LogP contribution in [0.3, 0.4) is 0 Å². The summed E-state index contributed by atoms with van der Waals surface area (Å²) >= 11 is 0. The van der Waals surface area contributed by atoms with Crippen molar-refractivity contribution in [3.05, 3.63) is 71.8 Å². The minimum Gasteiger partial charge on any atom is -0.480 e. The Balaban J connectivity index is 2.10. The lowest BCUT2D eigenvalue weighted by molar-refractivity contribution is -0.142. The van der Waals surface area contributed by atoms with Crippen LogP contribution < -0.4 is 5.73 Å². The topological polar surface area (TPSA) is 104 Å². The van der Waals surface area contributed by atoms with Crippen LogP contribution in [0.25, 0.3) is 0 Å². The fourth-order valence-corrected chi connectivity index (χ4v) is 4.08. The van der Waals surface area contributed by atoms with Crippen molar-refractivity contribution < 1.29 is 19.5 Å². The number of nitrogens with two attached hydrogens (primary N) is 1. The Kier molecular flexibility index (Phi) is 6.84. The zero-order chi connectivity index (χ0) is 21.6. The summed E-state index contributed by atoms with van der Waals surface area (Å²) < 4.78 is 0. The van der Waals surface area contributed by atoms with Crippen molar-refractivity contribution in [2.45, 2.75) is 31.2 Å². The van der Waals surface area contributed by atoms with E-state index in [0.29, 0.717) is 30.6 Å². The molecule has 2 aromatic carbocycles. The number of rotatable bonds is 10. The van der Waals surface area contributed by atoms with Crippen LogP contribution in [0.5, 0.6) is 0 Å². The minimum absolute atomic E-state index is 0.342. The number of urea groups is 1. The number of imide groups is 1. The summed E-state index contributed by atoms with van der Waals surface area (Å²) in [6.07, 6.45) is 3.41. The first kappa shape index (κ1) is 21.5. The predicted octanol–water partition coefficient (Wildman–Crippen LogP) is 2.80. The molecule has 7 nitrogen and oxygen atoms in total. The van der Waals surface area contributed by atoms with Gasteiger partial charge in [0, 0.05) is 6.54 Å². The molecule has 0 unspecified atom stereocenters. The van der Waals surface area contributed by atoms with Gasteiger partial charge < -0.3 is 15.7 Å². The first-order valence-electron chi connectivity index (χ1n) is 10.2. The highest BCUT2D eigenvalue weighted by atomic mass is 16.4. The molecule has 3 amide bonds. The van der Waals surface area contributed by atoms with Gasteiger partial charge >= 0.3 is 12.0 Å². The summed E-state index contributed by atoms with van der Waals surface area (Å²) in [5, 5.41) is 9.30. The van der Waals surface area contributed by atoms with Crippen LogP contribution >= 0.6 is 0 Å². The van der Waals surface area contributed by atoms with Gasteiger partial charge in [0.25, 0.3) is 5.91 Å². The number of nitrogens with zero attached hydrogens (tertiary/aromatic N) is 2. The molecule has 1 heterocycles. The van der Waals surface area contributed by atoms with Crippen LogP contribution in [0.1, 0.15) is 36.8 Å². The molecule has 0 spiro atoms. The van der Waals surface area contributed by atoms with E-state index in [4.69, 9.17) is 5.73 Å². The molecule has 30 heavy (non-hydrogen) atoms. The summed E-state index contributed by atoms with van der Waals surface area (Å²) in [5.41, 5.74) is 5.46. The maximum Gasteiger partial charge on any atom is 0.328 e. The molecule has 0 saturated carbocycles. The van der Waals surface area contributed by atoms with Crippen molar-refractivity contribution in [1.82, 2.24) is 9.80 Å². The molecule has 2 aromatic rings. The van der Waals surface area contributed by atoms with Crippen LogP contribution in [0.2, 0.25) is 0 Å². The van der Waals surface area contributed by atoms with Crippen molar-refractivity contribution in [1.29, 1.82) is 0 Å². The summed E-state index contributed by atoms with van der Waals surface area (Å²) in [4.78, 5) is 40.8. The number of carboxylic acid groups (broad SMARTS) is 1. The number of benzene rings is 2. The third-order valence-electron chi connectivity index (χ3n) is 5.43. The van der Waals surface area contributed by atoms with Crippen molar-refractivity contribution >= 4 is 17.9 Å². The molecule has 1 saturated heterocycles. The van der Waals surface area contributed by atoms with Gasteiger partial charge in [-0.05, 0) is 30.5 Å². The number of carboxylic acids is 1. The quantitative estimate of drug-likeness (QED) is 0.464. The fourth-order valence-electron chi connectivity index (χ4n) is 4.08. The average Bonchev–Trinajstić information content (AvgIpc) is 2.96. The Morgan fingerprint density at radius 2 is 1.40 bits per heavy atom. The summed E-state index contributed by atoms with van der Waals surface area (Å²) in [6, 6.07) is 17.6. The van der Waals surface area contributed by atoms with Gasteiger partial charge in [-0.25, -0.2) is 4.79 Å². The zero-order valence-electron chi connectivity index (χ0n) is 16.9. The van der Waals surface area contributed by atoms with Gasteiger partial charge in [0.15, 0.2) is 5.54 Å². The normalized spacial score (nSPS) is 15.6. The second kappa shape index (κ2) is 9.54. The van der Waals surface area contributed by atoms with Gasteiger partial charge in [0.2, 0.25) is 0 Å². The Morgan fingerprint density at radius 3 is 1.90 bits per heavy atom. The van der Waals surface area contributed by atoms with E-state index >= 15 is 0 Å². The molecule has 0 aromatic heterocycles. The number of hydrogen-bond acceptors (Lipinski definition) is 4. The highest BCUT2D eigenvalue weighted by Gasteiger charge is 2.59. The number of amides is 3. The van der Waals surface area contributed by atoms with E-state index < -0.39 is 30.0 Å². The molecule has 0 aliphatic carbocycles. The van der Waals surface area contributed by atoms with Crippen LogP contribution in [0.15, 0.2) is 60.7 Å². The Bertz CT molecular complexity index is 846. The van der Waals surface area contributed by atoms with Gasteiger partial charge in [-0.1, -0.05) is 73.5 Å². The highest BCUT2D eigenvalue weighted by Crippen LogP contribution is 2.43. The largest absolute Gasteiger partial charge is 0.480 e. The maximum absolute atomic E-state index is 13.7.